The molecular formula is C9H8F3NO3. The zero-order valence-electron chi connectivity index (χ0n) is 7.86. The number of halogens is 3. The van der Waals surface area contributed by atoms with E-state index < -0.39 is 24.1 Å². The van der Waals surface area contributed by atoms with Crippen LogP contribution in [0, 0.1) is 0 Å². The van der Waals surface area contributed by atoms with E-state index in [2.05, 4.69) is 4.74 Å². The number of carboxylic acid groups (broad SMARTS) is 1. The SMILES string of the molecule is NC(C(=O)O)c1ccccc1OC(F)(F)F. The minimum atomic E-state index is -4.88. The first-order valence-electron chi connectivity index (χ1n) is 4.14. The van der Waals surface area contributed by atoms with E-state index in [4.69, 9.17) is 10.8 Å². The fraction of sp³-hybridized carbons (Fsp3) is 0.222. The van der Waals surface area contributed by atoms with Crippen molar-refractivity contribution < 1.29 is 27.8 Å². The van der Waals surface area contributed by atoms with E-state index in [1.807, 2.05) is 0 Å². The van der Waals surface area contributed by atoms with E-state index in [1.165, 1.54) is 18.2 Å². The van der Waals surface area contributed by atoms with Crippen LogP contribution in [0.1, 0.15) is 11.6 Å². The number of hydrogen-bond acceptors (Lipinski definition) is 3. The first kappa shape index (κ1) is 12.3. The Morgan fingerprint density at radius 1 is 1.38 bits per heavy atom. The zero-order valence-corrected chi connectivity index (χ0v) is 7.86. The third-order valence-electron chi connectivity index (χ3n) is 1.75. The molecule has 0 spiro atoms. The number of benzene rings is 1. The number of para-hydroxylation sites is 1. The standard InChI is InChI=1S/C9H8F3NO3/c10-9(11,12)16-6-4-2-1-3-5(6)7(13)8(14)15/h1-4,7H,13H2,(H,14,15). The topological polar surface area (TPSA) is 72.6 Å². The molecule has 0 radical (unpaired) electrons. The predicted molar refractivity (Wildman–Crippen MR) is 47.7 cm³/mol. The third kappa shape index (κ3) is 3.13. The van der Waals surface area contributed by atoms with Crippen LogP contribution in [0.25, 0.3) is 0 Å². The highest BCUT2D eigenvalue weighted by Gasteiger charge is 2.33. The number of ether oxygens (including phenoxy) is 1. The van der Waals surface area contributed by atoms with Gasteiger partial charge in [-0.05, 0) is 6.07 Å². The summed E-state index contributed by atoms with van der Waals surface area (Å²) in [6.45, 7) is 0. The van der Waals surface area contributed by atoms with Gasteiger partial charge in [-0.2, -0.15) is 0 Å². The molecular weight excluding hydrogens is 227 g/mol. The Morgan fingerprint density at radius 3 is 2.44 bits per heavy atom. The Hall–Kier alpha value is -1.76. The molecule has 3 N–H and O–H groups in total. The molecule has 1 rings (SSSR count). The van der Waals surface area contributed by atoms with Gasteiger partial charge in [0.15, 0.2) is 0 Å². The number of nitrogens with two attached hydrogens (primary N) is 1. The molecule has 0 aliphatic carbocycles. The minimum absolute atomic E-state index is 0.229. The van der Waals surface area contributed by atoms with E-state index in [0.29, 0.717) is 0 Å². The number of carbonyl (C=O) groups is 1. The lowest BCUT2D eigenvalue weighted by Crippen LogP contribution is -2.24. The summed E-state index contributed by atoms with van der Waals surface area (Å²) in [6.07, 6.45) is -4.88. The van der Waals surface area contributed by atoms with Gasteiger partial charge >= 0.3 is 12.3 Å². The molecule has 0 bridgehead atoms. The van der Waals surface area contributed by atoms with Gasteiger partial charge in [-0.1, -0.05) is 18.2 Å². The lowest BCUT2D eigenvalue weighted by atomic mass is 10.1. The number of carboxylic acids is 1. The molecule has 0 aliphatic heterocycles. The Balaban J connectivity index is 3.05. The van der Waals surface area contributed by atoms with Crippen LogP contribution >= 0.6 is 0 Å². The summed E-state index contributed by atoms with van der Waals surface area (Å²) in [5.74, 6) is -2.04. The monoisotopic (exact) mass is 235 g/mol. The van der Waals surface area contributed by atoms with Crippen LogP contribution in [0.3, 0.4) is 0 Å². The molecule has 1 atom stereocenters. The van der Waals surface area contributed by atoms with E-state index in [1.54, 1.807) is 0 Å². The summed E-state index contributed by atoms with van der Waals surface area (Å²) < 4.78 is 39.6. The summed E-state index contributed by atoms with van der Waals surface area (Å²) in [5.41, 5.74) is 4.98. The van der Waals surface area contributed by atoms with Crippen LogP contribution in [0.2, 0.25) is 0 Å². The van der Waals surface area contributed by atoms with Crippen molar-refractivity contribution in [3.05, 3.63) is 29.8 Å². The van der Waals surface area contributed by atoms with Crippen LogP contribution in [-0.4, -0.2) is 17.4 Å². The maximum atomic E-state index is 12.0. The Labute approximate surface area is 88.4 Å². The van der Waals surface area contributed by atoms with Gasteiger partial charge < -0.3 is 15.6 Å². The van der Waals surface area contributed by atoms with Gasteiger partial charge in [-0.3, -0.25) is 4.79 Å². The summed E-state index contributed by atoms with van der Waals surface area (Å²) in [7, 11) is 0. The number of rotatable bonds is 3. The second-order valence-corrected chi connectivity index (χ2v) is 2.90. The number of aliphatic carboxylic acids is 1. The van der Waals surface area contributed by atoms with Gasteiger partial charge in [0, 0.05) is 5.56 Å². The predicted octanol–water partition coefficient (Wildman–Crippen LogP) is 1.67. The van der Waals surface area contributed by atoms with E-state index in [0.717, 1.165) is 6.07 Å². The lowest BCUT2D eigenvalue weighted by molar-refractivity contribution is -0.275. The fourth-order valence-corrected chi connectivity index (χ4v) is 1.09. The molecule has 1 aromatic rings. The van der Waals surface area contributed by atoms with Crippen LogP contribution in [0.4, 0.5) is 13.2 Å². The molecule has 88 valence electrons. The van der Waals surface area contributed by atoms with Crippen molar-refractivity contribution in [1.82, 2.24) is 0 Å². The largest absolute Gasteiger partial charge is 0.573 e. The second kappa shape index (κ2) is 4.40. The smallest absolute Gasteiger partial charge is 0.480 e. The van der Waals surface area contributed by atoms with Gasteiger partial charge in [-0.25, -0.2) is 0 Å². The molecule has 1 unspecified atom stereocenters. The molecule has 0 saturated heterocycles. The number of alkyl halides is 3. The highest BCUT2D eigenvalue weighted by molar-refractivity contribution is 5.76. The highest BCUT2D eigenvalue weighted by atomic mass is 19.4. The number of hydrogen-bond donors (Lipinski definition) is 2. The highest BCUT2D eigenvalue weighted by Crippen LogP contribution is 2.29. The Morgan fingerprint density at radius 2 is 1.94 bits per heavy atom. The molecule has 0 fully saturated rings. The summed E-state index contributed by atoms with van der Waals surface area (Å²) in [5, 5.41) is 8.60. The van der Waals surface area contributed by atoms with Crippen molar-refractivity contribution in [2.45, 2.75) is 12.4 Å². The van der Waals surface area contributed by atoms with Crippen molar-refractivity contribution in [2.24, 2.45) is 5.73 Å². The van der Waals surface area contributed by atoms with Gasteiger partial charge in [0.2, 0.25) is 0 Å². The molecule has 0 amide bonds. The van der Waals surface area contributed by atoms with Crippen LogP contribution in [-0.2, 0) is 4.79 Å². The summed E-state index contributed by atoms with van der Waals surface area (Å²) in [6, 6.07) is 3.28. The first-order valence-corrected chi connectivity index (χ1v) is 4.14. The minimum Gasteiger partial charge on any atom is -0.480 e. The molecule has 0 aromatic heterocycles. The summed E-state index contributed by atoms with van der Waals surface area (Å²) in [4.78, 5) is 10.6. The van der Waals surface area contributed by atoms with E-state index in [9.17, 15) is 18.0 Å². The Kier molecular flexibility index (Phi) is 3.38. The fourth-order valence-electron chi connectivity index (χ4n) is 1.09. The molecule has 16 heavy (non-hydrogen) atoms. The quantitative estimate of drug-likeness (QED) is 0.835. The Bertz CT molecular complexity index is 392. The van der Waals surface area contributed by atoms with Crippen molar-refractivity contribution >= 4 is 5.97 Å². The van der Waals surface area contributed by atoms with Gasteiger partial charge in [0.25, 0.3) is 0 Å². The van der Waals surface area contributed by atoms with Crippen LogP contribution < -0.4 is 10.5 Å². The lowest BCUT2D eigenvalue weighted by Gasteiger charge is -2.15. The zero-order chi connectivity index (χ0) is 12.3. The van der Waals surface area contributed by atoms with Crippen molar-refractivity contribution in [1.29, 1.82) is 0 Å². The third-order valence-corrected chi connectivity index (χ3v) is 1.75. The van der Waals surface area contributed by atoms with E-state index in [-0.39, 0.29) is 5.56 Å². The van der Waals surface area contributed by atoms with Gasteiger partial charge in [0.1, 0.15) is 11.8 Å². The molecule has 1 aromatic carbocycles. The van der Waals surface area contributed by atoms with Crippen LogP contribution in [0.15, 0.2) is 24.3 Å². The van der Waals surface area contributed by atoms with Crippen LogP contribution in [0.5, 0.6) is 5.75 Å². The van der Waals surface area contributed by atoms with E-state index >= 15 is 0 Å². The second-order valence-electron chi connectivity index (χ2n) is 2.90. The average Bonchev–Trinajstić information content (AvgIpc) is 2.15. The molecule has 0 saturated carbocycles. The van der Waals surface area contributed by atoms with Crippen molar-refractivity contribution in [2.75, 3.05) is 0 Å². The summed E-state index contributed by atoms with van der Waals surface area (Å²) >= 11 is 0. The van der Waals surface area contributed by atoms with Gasteiger partial charge in [-0.15, -0.1) is 13.2 Å². The molecule has 0 aliphatic rings. The van der Waals surface area contributed by atoms with Crippen molar-refractivity contribution in [3.8, 4) is 5.75 Å². The normalized spacial score (nSPS) is 13.2. The van der Waals surface area contributed by atoms with Crippen molar-refractivity contribution in [3.63, 3.8) is 0 Å². The molecule has 7 heteroatoms. The average molecular weight is 235 g/mol. The maximum absolute atomic E-state index is 12.0. The first-order chi connectivity index (χ1) is 7.31. The molecule has 0 heterocycles. The van der Waals surface area contributed by atoms with Gasteiger partial charge in [0.05, 0.1) is 0 Å². The molecule has 4 nitrogen and oxygen atoms in total. The maximum Gasteiger partial charge on any atom is 0.573 e.